The van der Waals surface area contributed by atoms with Gasteiger partial charge in [0.25, 0.3) is 5.91 Å². The van der Waals surface area contributed by atoms with Gasteiger partial charge in [0.15, 0.2) is 5.65 Å². The first kappa shape index (κ1) is 26.3. The van der Waals surface area contributed by atoms with E-state index in [9.17, 15) is 9.90 Å². The Morgan fingerprint density at radius 3 is 2.72 bits per heavy atom. The molecule has 0 aliphatic heterocycles. The summed E-state index contributed by atoms with van der Waals surface area (Å²) in [6, 6.07) is 6.18. The Morgan fingerprint density at radius 2 is 2.03 bits per heavy atom. The van der Waals surface area contributed by atoms with Gasteiger partial charge in [-0.2, -0.15) is 5.10 Å². The SMILES string of the molecule is CC(O)C(C)NC(=O)c1cn(COCC[Si](C)(C)C)c2ncc(-c3nn(C)c4cc(Cl)ccc34)nc12. The van der Waals surface area contributed by atoms with Gasteiger partial charge in [-0.25, -0.2) is 9.97 Å². The quantitative estimate of drug-likeness (QED) is 0.245. The van der Waals surface area contributed by atoms with Gasteiger partial charge in [0, 0.05) is 38.3 Å². The van der Waals surface area contributed by atoms with Crippen molar-refractivity contribution in [1.82, 2.24) is 29.6 Å². The molecule has 0 aliphatic rings. The van der Waals surface area contributed by atoms with Crippen molar-refractivity contribution in [3.8, 4) is 11.4 Å². The Labute approximate surface area is 216 Å². The van der Waals surface area contributed by atoms with Crippen LogP contribution in [0.1, 0.15) is 24.2 Å². The molecule has 0 aliphatic carbocycles. The van der Waals surface area contributed by atoms with E-state index in [2.05, 4.69) is 35.0 Å². The van der Waals surface area contributed by atoms with E-state index in [-0.39, 0.29) is 12.6 Å². The molecule has 0 fully saturated rings. The van der Waals surface area contributed by atoms with Crippen molar-refractivity contribution in [2.24, 2.45) is 7.05 Å². The number of nitrogens with zero attached hydrogens (tertiary/aromatic N) is 5. The van der Waals surface area contributed by atoms with E-state index in [0.29, 0.717) is 39.7 Å². The van der Waals surface area contributed by atoms with Gasteiger partial charge < -0.3 is 19.7 Å². The molecule has 0 radical (unpaired) electrons. The molecule has 11 heteroatoms. The Kier molecular flexibility index (Phi) is 7.51. The van der Waals surface area contributed by atoms with Crippen molar-refractivity contribution in [1.29, 1.82) is 0 Å². The van der Waals surface area contributed by atoms with Crippen LogP contribution in [0, 0.1) is 0 Å². The normalized spacial score (nSPS) is 13.9. The number of hydrogen-bond acceptors (Lipinski definition) is 6. The number of amides is 1. The molecule has 4 rings (SSSR count). The smallest absolute Gasteiger partial charge is 0.255 e. The number of benzene rings is 1. The Hall–Kier alpha value is -2.79. The molecule has 1 aromatic carbocycles. The largest absolute Gasteiger partial charge is 0.391 e. The van der Waals surface area contributed by atoms with E-state index in [1.54, 1.807) is 35.5 Å². The summed E-state index contributed by atoms with van der Waals surface area (Å²) < 4.78 is 9.48. The lowest BCUT2D eigenvalue weighted by atomic mass is 10.1. The number of hydrogen-bond donors (Lipinski definition) is 2. The number of carbonyl (C=O) groups is 1. The monoisotopic (exact) mass is 528 g/mol. The van der Waals surface area contributed by atoms with Crippen molar-refractivity contribution in [2.75, 3.05) is 6.61 Å². The summed E-state index contributed by atoms with van der Waals surface area (Å²) in [6.45, 7) is 11.2. The van der Waals surface area contributed by atoms with Gasteiger partial charge in [0.1, 0.15) is 23.6 Å². The number of carbonyl (C=O) groups excluding carboxylic acids is 1. The lowest BCUT2D eigenvalue weighted by Crippen LogP contribution is -2.39. The highest BCUT2D eigenvalue weighted by molar-refractivity contribution is 6.76. The lowest BCUT2D eigenvalue weighted by molar-refractivity contribution is 0.0862. The number of aliphatic hydroxyl groups is 1. The number of aromatic nitrogens is 5. The zero-order valence-electron chi connectivity index (χ0n) is 21.5. The van der Waals surface area contributed by atoms with Gasteiger partial charge in [-0.05, 0) is 38.1 Å². The maximum absolute atomic E-state index is 13.2. The summed E-state index contributed by atoms with van der Waals surface area (Å²) in [5.41, 5.74) is 3.43. The fraction of sp³-hybridized carbons (Fsp3) is 0.440. The number of fused-ring (bicyclic) bond motifs is 2. The van der Waals surface area contributed by atoms with E-state index in [1.165, 1.54) is 0 Å². The topological polar surface area (TPSA) is 107 Å². The third kappa shape index (κ3) is 5.62. The first-order chi connectivity index (χ1) is 16.9. The van der Waals surface area contributed by atoms with E-state index in [0.717, 1.165) is 16.9 Å². The van der Waals surface area contributed by atoms with Crippen LogP contribution in [0.4, 0.5) is 0 Å². The van der Waals surface area contributed by atoms with Crippen molar-refractivity contribution in [3.63, 3.8) is 0 Å². The van der Waals surface area contributed by atoms with Gasteiger partial charge >= 0.3 is 0 Å². The molecule has 3 aromatic heterocycles. The van der Waals surface area contributed by atoms with Gasteiger partial charge in [-0.3, -0.25) is 9.48 Å². The summed E-state index contributed by atoms with van der Waals surface area (Å²) in [5.74, 6) is -0.335. The summed E-state index contributed by atoms with van der Waals surface area (Å²) in [4.78, 5) is 22.7. The van der Waals surface area contributed by atoms with Crippen LogP contribution < -0.4 is 5.32 Å². The van der Waals surface area contributed by atoms with E-state index >= 15 is 0 Å². The van der Waals surface area contributed by atoms with Crippen molar-refractivity contribution < 1.29 is 14.6 Å². The maximum Gasteiger partial charge on any atom is 0.255 e. The van der Waals surface area contributed by atoms with E-state index in [4.69, 9.17) is 21.3 Å². The molecule has 2 unspecified atom stereocenters. The number of halogens is 1. The standard InChI is InChI=1S/C25H33ClN6O3Si/c1-15(16(2)33)28-25(34)19-13-32(14-35-9-10-36(4,5)6)24-23(19)29-20(12-27-24)22-18-8-7-17(26)11-21(18)31(3)30-22/h7-8,11-13,15-16,33H,9-10,14H2,1-6H3,(H,28,34). The average molecular weight is 529 g/mol. The van der Waals surface area contributed by atoms with E-state index in [1.807, 2.05) is 25.2 Å². The predicted molar refractivity (Wildman–Crippen MR) is 145 cm³/mol. The molecule has 2 atom stereocenters. The molecule has 0 spiro atoms. The number of ether oxygens (including phenoxy) is 1. The number of rotatable bonds is 9. The molecule has 2 N–H and O–H groups in total. The van der Waals surface area contributed by atoms with Gasteiger partial charge in [0.05, 0.1) is 29.4 Å². The van der Waals surface area contributed by atoms with Crippen molar-refractivity contribution >= 4 is 47.6 Å². The lowest BCUT2D eigenvalue weighted by Gasteiger charge is -2.16. The molecule has 4 aromatic rings. The Balaban J connectivity index is 1.75. The molecular formula is C25H33ClN6O3Si. The molecule has 36 heavy (non-hydrogen) atoms. The zero-order valence-corrected chi connectivity index (χ0v) is 23.3. The number of aliphatic hydroxyl groups excluding tert-OH is 1. The fourth-order valence-corrected chi connectivity index (χ4v) is 4.72. The summed E-state index contributed by atoms with van der Waals surface area (Å²) >= 11 is 6.18. The highest BCUT2D eigenvalue weighted by Gasteiger charge is 2.23. The van der Waals surface area contributed by atoms with Crippen LogP contribution in [0.3, 0.4) is 0 Å². The molecule has 1 amide bonds. The molecule has 0 bridgehead atoms. The fourth-order valence-electron chi connectivity index (χ4n) is 3.80. The maximum atomic E-state index is 13.2. The second kappa shape index (κ2) is 10.3. The summed E-state index contributed by atoms with van der Waals surface area (Å²) in [7, 11) is 0.619. The molecule has 0 saturated carbocycles. The first-order valence-corrected chi connectivity index (χ1v) is 16.1. The minimum absolute atomic E-state index is 0.263. The van der Waals surface area contributed by atoms with Crippen LogP contribution in [-0.2, 0) is 18.5 Å². The molecule has 0 saturated heterocycles. The van der Waals surface area contributed by atoms with Crippen molar-refractivity contribution in [3.05, 3.63) is 41.2 Å². The van der Waals surface area contributed by atoms with Crippen LogP contribution in [-0.4, -0.2) is 62.2 Å². The summed E-state index contributed by atoms with van der Waals surface area (Å²) in [5, 5.41) is 18.9. The Morgan fingerprint density at radius 1 is 1.28 bits per heavy atom. The summed E-state index contributed by atoms with van der Waals surface area (Å²) in [6.07, 6.45) is 2.68. The predicted octanol–water partition coefficient (Wildman–Crippen LogP) is 4.45. The van der Waals surface area contributed by atoms with Crippen LogP contribution in [0.25, 0.3) is 33.5 Å². The minimum atomic E-state index is -1.23. The number of nitrogens with one attached hydrogen (secondary N) is 1. The van der Waals surface area contributed by atoms with Crippen LogP contribution in [0.2, 0.25) is 30.7 Å². The van der Waals surface area contributed by atoms with Gasteiger partial charge in [-0.1, -0.05) is 31.2 Å². The van der Waals surface area contributed by atoms with E-state index < -0.39 is 20.2 Å². The molecule has 192 valence electrons. The van der Waals surface area contributed by atoms with Gasteiger partial charge in [-0.15, -0.1) is 0 Å². The van der Waals surface area contributed by atoms with Crippen molar-refractivity contribution in [2.45, 2.75) is 58.4 Å². The molecule has 9 nitrogen and oxygen atoms in total. The number of aryl methyl sites for hydroxylation is 1. The second-order valence-corrected chi connectivity index (χ2v) is 16.5. The highest BCUT2D eigenvalue weighted by atomic mass is 35.5. The van der Waals surface area contributed by atoms with Crippen LogP contribution in [0.5, 0.6) is 0 Å². The minimum Gasteiger partial charge on any atom is -0.391 e. The van der Waals surface area contributed by atoms with Crippen LogP contribution >= 0.6 is 11.6 Å². The second-order valence-electron chi connectivity index (χ2n) is 10.4. The third-order valence-electron chi connectivity index (χ3n) is 6.18. The Bertz CT molecular complexity index is 1410. The zero-order chi connectivity index (χ0) is 26.2. The molecular weight excluding hydrogens is 496 g/mol. The highest BCUT2D eigenvalue weighted by Crippen LogP contribution is 2.30. The first-order valence-electron chi connectivity index (χ1n) is 12.0. The average Bonchev–Trinajstić information content (AvgIpc) is 3.33. The van der Waals surface area contributed by atoms with Crippen LogP contribution in [0.15, 0.2) is 30.6 Å². The third-order valence-corrected chi connectivity index (χ3v) is 8.11. The van der Waals surface area contributed by atoms with Gasteiger partial charge in [0.2, 0.25) is 0 Å². The molecule has 3 heterocycles.